The number of aromatic nitrogens is 3. The third kappa shape index (κ3) is 1.58. The van der Waals surface area contributed by atoms with Crippen LogP contribution in [0, 0.1) is 6.92 Å². The van der Waals surface area contributed by atoms with Crippen LogP contribution in [0.3, 0.4) is 0 Å². The fraction of sp³-hybridized carbons (Fsp3) is 0.444. The van der Waals surface area contributed by atoms with E-state index in [9.17, 15) is 0 Å². The summed E-state index contributed by atoms with van der Waals surface area (Å²) < 4.78 is 5.41. The van der Waals surface area contributed by atoms with Crippen molar-refractivity contribution in [1.82, 2.24) is 15.2 Å². The minimum absolute atomic E-state index is 0.511. The van der Waals surface area contributed by atoms with Crippen LogP contribution in [0.1, 0.15) is 17.9 Å². The summed E-state index contributed by atoms with van der Waals surface area (Å²) in [6.07, 6.45) is 3.31. The fourth-order valence-corrected chi connectivity index (χ4v) is 1.27. The average Bonchev–Trinajstić information content (AvgIpc) is 2.59. The molecule has 0 bridgehead atoms. The molecule has 0 aliphatic heterocycles. The molecule has 0 aromatic carbocycles. The summed E-state index contributed by atoms with van der Waals surface area (Å²) in [4.78, 5) is 4.33. The van der Waals surface area contributed by atoms with Gasteiger partial charge in [-0.15, -0.1) is 5.10 Å². The maximum atomic E-state index is 5.41. The molecule has 2 heterocycles. The summed E-state index contributed by atoms with van der Waals surface area (Å²) in [5, 5.41) is 7.66. The molecule has 0 aliphatic rings. The van der Waals surface area contributed by atoms with Crippen LogP contribution in [0.2, 0.25) is 0 Å². The zero-order valence-electron chi connectivity index (χ0n) is 8.03. The predicted octanol–water partition coefficient (Wildman–Crippen LogP) is 0.818. The molecule has 2 N–H and O–H groups in total. The SMILES string of the molecule is Cc1cnnc2oc(CCCN)nc12. The van der Waals surface area contributed by atoms with Crippen molar-refractivity contribution < 1.29 is 4.42 Å². The fourth-order valence-electron chi connectivity index (χ4n) is 1.27. The Morgan fingerprint density at radius 3 is 3.07 bits per heavy atom. The van der Waals surface area contributed by atoms with Crippen LogP contribution in [-0.2, 0) is 6.42 Å². The van der Waals surface area contributed by atoms with Gasteiger partial charge in [0.2, 0.25) is 0 Å². The molecule has 2 aromatic heterocycles. The summed E-state index contributed by atoms with van der Waals surface area (Å²) in [5.41, 5.74) is 7.70. The van der Waals surface area contributed by atoms with E-state index in [0.717, 1.165) is 23.9 Å². The highest BCUT2D eigenvalue weighted by Crippen LogP contribution is 2.15. The Kier molecular flexibility index (Phi) is 2.41. The zero-order valence-corrected chi connectivity index (χ0v) is 8.03. The van der Waals surface area contributed by atoms with E-state index < -0.39 is 0 Å². The number of rotatable bonds is 3. The Bertz CT molecular complexity index is 437. The Labute approximate surface area is 81.3 Å². The van der Waals surface area contributed by atoms with Gasteiger partial charge in [-0.3, -0.25) is 0 Å². The number of nitrogens with zero attached hydrogens (tertiary/aromatic N) is 3. The molecular weight excluding hydrogens is 180 g/mol. The smallest absolute Gasteiger partial charge is 0.266 e. The molecule has 0 amide bonds. The minimum atomic E-state index is 0.511. The van der Waals surface area contributed by atoms with E-state index in [-0.39, 0.29) is 0 Å². The second-order valence-electron chi connectivity index (χ2n) is 3.18. The zero-order chi connectivity index (χ0) is 9.97. The molecule has 0 fully saturated rings. The third-order valence-corrected chi connectivity index (χ3v) is 2.02. The predicted molar refractivity (Wildman–Crippen MR) is 51.7 cm³/mol. The van der Waals surface area contributed by atoms with Gasteiger partial charge in [0.25, 0.3) is 5.71 Å². The first-order chi connectivity index (χ1) is 6.81. The molecule has 74 valence electrons. The van der Waals surface area contributed by atoms with Gasteiger partial charge in [0.1, 0.15) is 5.52 Å². The molecule has 0 saturated carbocycles. The van der Waals surface area contributed by atoms with Gasteiger partial charge in [0, 0.05) is 12.0 Å². The number of oxazole rings is 1. The maximum Gasteiger partial charge on any atom is 0.266 e. The van der Waals surface area contributed by atoms with Gasteiger partial charge in [0.15, 0.2) is 5.89 Å². The molecule has 0 saturated heterocycles. The van der Waals surface area contributed by atoms with E-state index in [0.29, 0.717) is 18.1 Å². The van der Waals surface area contributed by atoms with Crippen LogP contribution < -0.4 is 5.73 Å². The molecular formula is C9H12N4O. The van der Waals surface area contributed by atoms with Crippen molar-refractivity contribution in [1.29, 1.82) is 0 Å². The normalized spacial score (nSPS) is 11.0. The van der Waals surface area contributed by atoms with Crippen molar-refractivity contribution in [2.75, 3.05) is 6.54 Å². The van der Waals surface area contributed by atoms with Crippen LogP contribution in [0.4, 0.5) is 0 Å². The molecule has 2 aromatic rings. The second-order valence-corrected chi connectivity index (χ2v) is 3.18. The Balaban J connectivity index is 2.36. The first-order valence-electron chi connectivity index (χ1n) is 4.59. The molecule has 0 atom stereocenters. The van der Waals surface area contributed by atoms with Crippen LogP contribution in [0.15, 0.2) is 10.6 Å². The lowest BCUT2D eigenvalue weighted by Gasteiger charge is -1.89. The van der Waals surface area contributed by atoms with E-state index >= 15 is 0 Å². The Hall–Kier alpha value is -1.49. The van der Waals surface area contributed by atoms with E-state index in [1.54, 1.807) is 6.20 Å². The van der Waals surface area contributed by atoms with Crippen molar-refractivity contribution >= 4 is 11.2 Å². The molecule has 14 heavy (non-hydrogen) atoms. The summed E-state index contributed by atoms with van der Waals surface area (Å²) in [6, 6.07) is 0. The van der Waals surface area contributed by atoms with Crippen molar-refractivity contribution in [2.45, 2.75) is 19.8 Å². The molecule has 0 spiro atoms. The number of hydrogen-bond acceptors (Lipinski definition) is 5. The second kappa shape index (κ2) is 3.71. The van der Waals surface area contributed by atoms with Gasteiger partial charge in [-0.25, -0.2) is 4.98 Å². The highest BCUT2D eigenvalue weighted by Gasteiger charge is 2.08. The van der Waals surface area contributed by atoms with Crippen molar-refractivity contribution in [2.24, 2.45) is 5.73 Å². The monoisotopic (exact) mass is 192 g/mol. The largest absolute Gasteiger partial charge is 0.421 e. The molecule has 0 aliphatic carbocycles. The summed E-state index contributed by atoms with van der Waals surface area (Å²) in [7, 11) is 0. The minimum Gasteiger partial charge on any atom is -0.421 e. The van der Waals surface area contributed by atoms with Gasteiger partial charge < -0.3 is 10.2 Å². The summed E-state index contributed by atoms with van der Waals surface area (Å²) >= 11 is 0. The van der Waals surface area contributed by atoms with Crippen LogP contribution in [0.5, 0.6) is 0 Å². The topological polar surface area (TPSA) is 77.8 Å². The standard InChI is InChI=1S/C9H12N4O/c1-6-5-11-13-9-8(6)12-7(14-9)3-2-4-10/h5H,2-4,10H2,1H3. The maximum absolute atomic E-state index is 5.41. The van der Waals surface area contributed by atoms with Crippen LogP contribution in [-0.4, -0.2) is 21.7 Å². The van der Waals surface area contributed by atoms with Gasteiger partial charge in [0.05, 0.1) is 6.20 Å². The number of fused-ring (bicyclic) bond motifs is 1. The third-order valence-electron chi connectivity index (χ3n) is 2.02. The average molecular weight is 192 g/mol. The van der Waals surface area contributed by atoms with Crippen molar-refractivity contribution in [3.05, 3.63) is 17.7 Å². The molecule has 5 nitrogen and oxygen atoms in total. The van der Waals surface area contributed by atoms with E-state index in [4.69, 9.17) is 10.2 Å². The van der Waals surface area contributed by atoms with Crippen molar-refractivity contribution in [3.63, 3.8) is 0 Å². The van der Waals surface area contributed by atoms with Gasteiger partial charge in [-0.05, 0) is 19.9 Å². The summed E-state index contributed by atoms with van der Waals surface area (Å²) in [6.45, 7) is 2.58. The van der Waals surface area contributed by atoms with Crippen molar-refractivity contribution in [3.8, 4) is 0 Å². The Morgan fingerprint density at radius 1 is 1.50 bits per heavy atom. The molecule has 2 rings (SSSR count). The lowest BCUT2D eigenvalue weighted by Crippen LogP contribution is -2.00. The first-order valence-corrected chi connectivity index (χ1v) is 4.59. The number of nitrogens with two attached hydrogens (primary N) is 1. The molecule has 0 radical (unpaired) electrons. The number of hydrogen-bond donors (Lipinski definition) is 1. The van der Waals surface area contributed by atoms with Gasteiger partial charge >= 0.3 is 0 Å². The van der Waals surface area contributed by atoms with Crippen LogP contribution in [0.25, 0.3) is 11.2 Å². The summed E-state index contributed by atoms with van der Waals surface area (Å²) in [5.74, 6) is 0.689. The lowest BCUT2D eigenvalue weighted by atomic mass is 10.3. The number of aryl methyl sites for hydroxylation is 2. The first kappa shape index (κ1) is 9.08. The molecule has 0 unspecified atom stereocenters. The van der Waals surface area contributed by atoms with Gasteiger partial charge in [-0.1, -0.05) is 0 Å². The highest BCUT2D eigenvalue weighted by atomic mass is 16.4. The van der Waals surface area contributed by atoms with Gasteiger partial charge in [-0.2, -0.15) is 5.10 Å². The highest BCUT2D eigenvalue weighted by molar-refractivity contribution is 5.70. The van der Waals surface area contributed by atoms with Crippen LogP contribution >= 0.6 is 0 Å². The molecule has 5 heteroatoms. The quantitative estimate of drug-likeness (QED) is 0.778. The van der Waals surface area contributed by atoms with E-state index in [2.05, 4.69) is 15.2 Å². The van der Waals surface area contributed by atoms with E-state index in [1.807, 2.05) is 6.92 Å². The van der Waals surface area contributed by atoms with E-state index in [1.165, 1.54) is 0 Å². The lowest BCUT2D eigenvalue weighted by molar-refractivity contribution is 0.510. The Morgan fingerprint density at radius 2 is 2.36 bits per heavy atom.